The van der Waals surface area contributed by atoms with Crippen molar-refractivity contribution in [3.8, 4) is 44.5 Å². The fourth-order valence-electron chi connectivity index (χ4n) is 10.9. The van der Waals surface area contributed by atoms with Crippen molar-refractivity contribution < 1.29 is 23.3 Å². The first-order valence-electron chi connectivity index (χ1n) is 25.3. The third-order valence-electron chi connectivity index (χ3n) is 14.4. The Morgan fingerprint density at radius 1 is 0.306 bits per heavy atom. The Balaban J connectivity index is 0.000000181. The number of aryl methyl sites for hydroxylation is 2. The van der Waals surface area contributed by atoms with E-state index in [1.54, 1.807) is 0 Å². The van der Waals surface area contributed by atoms with Crippen molar-refractivity contribution in [2.75, 3.05) is 0 Å². The Kier molecular flexibility index (Phi) is 17.5. The van der Waals surface area contributed by atoms with Crippen LogP contribution < -0.4 is 0 Å². The predicted octanol–water partition coefficient (Wildman–Crippen LogP) is 20.4. The van der Waals surface area contributed by atoms with Crippen LogP contribution in [0.5, 0.6) is 0 Å². The molecule has 12 aromatic carbocycles. The van der Waals surface area contributed by atoms with E-state index in [-0.39, 0.29) is 14.9 Å². The number of hydrogen-bond acceptors (Lipinski definition) is 0. The van der Waals surface area contributed by atoms with Gasteiger partial charge in [-0.1, -0.05) is 280 Å². The quantitative estimate of drug-likeness (QED) is 0.0650. The molecule has 0 amide bonds. The molecule has 2 radical (unpaired) electrons. The van der Waals surface area contributed by atoms with Crippen molar-refractivity contribution in [3.63, 3.8) is 0 Å². The molecular formula is C70H64SiZr-4. The van der Waals surface area contributed by atoms with Gasteiger partial charge in [0.25, 0.3) is 0 Å². The molecule has 0 aliphatic rings. The van der Waals surface area contributed by atoms with Crippen LogP contribution in [0.25, 0.3) is 109 Å². The Morgan fingerprint density at radius 3 is 0.889 bits per heavy atom. The van der Waals surface area contributed by atoms with Crippen LogP contribution in [0.15, 0.2) is 218 Å². The summed E-state index contributed by atoms with van der Waals surface area (Å²) < 4.78 is 0. The Bertz CT molecular complexity index is 3250. The molecule has 0 nitrogen and oxygen atoms in total. The van der Waals surface area contributed by atoms with Crippen LogP contribution in [0, 0.1) is 14.9 Å². The molecule has 0 N–H and O–H groups in total. The van der Waals surface area contributed by atoms with E-state index in [4.69, 9.17) is 0 Å². The van der Waals surface area contributed by atoms with Gasteiger partial charge in [-0.05, 0) is 67.1 Å². The van der Waals surface area contributed by atoms with Gasteiger partial charge in [-0.3, -0.25) is 0 Å². The SMILES string of the molecule is CCCCCc1cc2c(-c3cccc4ccccc34)ccc(-c3cccc4ccccc34)c2[cH-]1.CCCCCc1cc2c(-c3cccc4ccccc34)ccc(-c3cccc4ccccc34)c2[cH-]1.[CH3-].[CH3-].[Si]=[Zr]. The standard InChI is InChI=1S/2C34H29.2CH3.Si.Zr/c2*1-2-3-4-11-24-22-33-31(29-18-9-14-25-12-5-7-16-27(25)29)20-21-32(34(33)23-24)30-19-10-15-26-13-6-8-17-28(26)30;;;;/h2*5-10,12-23H,2-4,11H2,1H3;2*1H3;;/q4*-1;;. The monoisotopic (exact) mass is 1020 g/mol. The first kappa shape index (κ1) is 51.9. The maximum atomic E-state index is 3.06. The minimum atomic E-state index is 0. The van der Waals surface area contributed by atoms with E-state index in [1.807, 2.05) is 0 Å². The zero-order chi connectivity index (χ0) is 47.8. The summed E-state index contributed by atoms with van der Waals surface area (Å²) in [5, 5.41) is 15.9. The van der Waals surface area contributed by atoms with Crippen molar-refractivity contribution in [1.29, 1.82) is 0 Å². The second kappa shape index (κ2) is 24.3. The summed E-state index contributed by atoms with van der Waals surface area (Å²) in [6, 6.07) is 80.8. The second-order valence-corrected chi connectivity index (χ2v) is 18.7. The molecule has 0 atom stereocenters. The van der Waals surface area contributed by atoms with Gasteiger partial charge in [-0.2, -0.15) is 12.1 Å². The molecular weight excluding hydrogens is 960 g/mol. The van der Waals surface area contributed by atoms with Crippen LogP contribution in [-0.4, -0.2) is 6.88 Å². The summed E-state index contributed by atoms with van der Waals surface area (Å²) in [6.45, 7) is 7.62. The third-order valence-corrected chi connectivity index (χ3v) is 14.4. The summed E-state index contributed by atoms with van der Waals surface area (Å²) in [4.78, 5) is 0. The summed E-state index contributed by atoms with van der Waals surface area (Å²) in [5.74, 6) is 0. The molecule has 12 rings (SSSR count). The van der Waals surface area contributed by atoms with E-state index in [2.05, 4.69) is 239 Å². The summed E-state index contributed by atoms with van der Waals surface area (Å²) in [7, 11) is 0. The second-order valence-electron chi connectivity index (χ2n) is 18.7. The molecule has 2 heteroatoms. The van der Waals surface area contributed by atoms with Crippen LogP contribution in [0.3, 0.4) is 0 Å². The van der Waals surface area contributed by atoms with Crippen LogP contribution in [0.2, 0.25) is 0 Å². The van der Waals surface area contributed by atoms with E-state index in [1.165, 1.54) is 182 Å². The molecule has 0 spiro atoms. The fraction of sp³-hybridized carbons (Fsp3) is 0.143. The van der Waals surface area contributed by atoms with Crippen LogP contribution in [-0.2, 0) is 36.2 Å². The number of unbranched alkanes of at least 4 members (excludes halogenated alkanes) is 4. The van der Waals surface area contributed by atoms with Crippen molar-refractivity contribution in [1.82, 2.24) is 0 Å². The van der Waals surface area contributed by atoms with E-state index < -0.39 is 0 Å². The summed E-state index contributed by atoms with van der Waals surface area (Å²) in [5.41, 5.74) is 13.5. The fourth-order valence-corrected chi connectivity index (χ4v) is 10.9. The summed E-state index contributed by atoms with van der Waals surface area (Å²) >= 11 is 1.36. The Labute approximate surface area is 445 Å². The normalized spacial score (nSPS) is 11.0. The van der Waals surface area contributed by atoms with Crippen LogP contribution in [0.1, 0.15) is 63.5 Å². The first-order chi connectivity index (χ1) is 34.7. The Morgan fingerprint density at radius 2 is 0.569 bits per heavy atom. The molecule has 0 aromatic heterocycles. The van der Waals surface area contributed by atoms with Gasteiger partial charge in [0.05, 0.1) is 0 Å². The maximum absolute atomic E-state index is 3.06. The Hall–Kier alpha value is -6.44. The van der Waals surface area contributed by atoms with Gasteiger partial charge in [0.1, 0.15) is 0 Å². The van der Waals surface area contributed by atoms with Gasteiger partial charge in [0.15, 0.2) is 0 Å². The number of benzene rings is 10. The van der Waals surface area contributed by atoms with Crippen molar-refractivity contribution in [2.45, 2.75) is 65.2 Å². The molecule has 12 aromatic rings. The molecule has 0 aliphatic carbocycles. The zero-order valence-electron chi connectivity index (χ0n) is 42.4. The molecule has 72 heavy (non-hydrogen) atoms. The molecule has 0 bridgehead atoms. The van der Waals surface area contributed by atoms with Crippen molar-refractivity contribution in [3.05, 3.63) is 244 Å². The molecule has 0 saturated heterocycles. The molecule has 0 saturated carbocycles. The minimum absolute atomic E-state index is 0. The van der Waals surface area contributed by atoms with Crippen LogP contribution in [0.4, 0.5) is 0 Å². The molecule has 0 heterocycles. The first-order valence-corrected chi connectivity index (χ1v) is 29.5. The van der Waals surface area contributed by atoms with Crippen molar-refractivity contribution in [2.24, 2.45) is 0 Å². The average Bonchev–Trinajstić information content (AvgIpc) is 4.06. The van der Waals surface area contributed by atoms with Gasteiger partial charge in [-0.25, -0.2) is 0 Å². The van der Waals surface area contributed by atoms with Gasteiger partial charge in [0.2, 0.25) is 0 Å². The predicted molar refractivity (Wildman–Crippen MR) is 316 cm³/mol. The van der Waals surface area contributed by atoms with E-state index in [0.717, 1.165) is 12.8 Å². The van der Waals surface area contributed by atoms with Gasteiger partial charge >= 0.3 is 30.2 Å². The zero-order valence-corrected chi connectivity index (χ0v) is 45.9. The topological polar surface area (TPSA) is 0 Å². The number of rotatable bonds is 12. The third kappa shape index (κ3) is 10.5. The molecule has 0 fully saturated rings. The average molecular weight is 1020 g/mol. The molecule has 0 aliphatic heterocycles. The van der Waals surface area contributed by atoms with Crippen molar-refractivity contribution >= 4 is 71.5 Å². The van der Waals surface area contributed by atoms with E-state index in [9.17, 15) is 0 Å². The van der Waals surface area contributed by atoms with Crippen LogP contribution >= 0.6 is 0 Å². The van der Waals surface area contributed by atoms with E-state index in [0.29, 0.717) is 0 Å². The number of fused-ring (bicyclic) bond motifs is 6. The molecule has 356 valence electrons. The van der Waals surface area contributed by atoms with Gasteiger partial charge in [-0.15, -0.1) is 44.8 Å². The van der Waals surface area contributed by atoms with Gasteiger partial charge < -0.3 is 14.9 Å². The molecule has 0 unspecified atom stereocenters. The van der Waals surface area contributed by atoms with E-state index >= 15 is 0 Å². The van der Waals surface area contributed by atoms with Gasteiger partial charge in [0, 0.05) is 0 Å². The number of hydrogen-bond donors (Lipinski definition) is 0. The summed E-state index contributed by atoms with van der Waals surface area (Å²) in [6.07, 6.45) is 9.87.